The highest BCUT2D eigenvalue weighted by Gasteiger charge is 2.16. The summed E-state index contributed by atoms with van der Waals surface area (Å²) in [6, 6.07) is 82.8. The number of allylic oxidation sites excluding steroid dienone is 2. The van der Waals surface area contributed by atoms with Crippen LogP contribution in [-0.2, 0) is 6.42 Å². The van der Waals surface area contributed by atoms with E-state index in [1.165, 1.54) is 98.7 Å². The number of hydrogen-bond acceptors (Lipinski definition) is 2. The minimum atomic E-state index is 0.924. The van der Waals surface area contributed by atoms with Crippen molar-refractivity contribution in [2.24, 2.45) is 0 Å². The fourth-order valence-corrected chi connectivity index (χ4v) is 10.4. The first-order valence-electron chi connectivity index (χ1n) is 29.3. The van der Waals surface area contributed by atoms with Gasteiger partial charge in [-0.1, -0.05) is 298 Å². The van der Waals surface area contributed by atoms with Crippen LogP contribution in [-0.4, -0.2) is 6.26 Å². The summed E-state index contributed by atoms with van der Waals surface area (Å²) in [6.07, 6.45) is 8.15. The number of thiol groups is 1. The molecule has 0 bridgehead atoms. The van der Waals surface area contributed by atoms with Crippen molar-refractivity contribution in [3.63, 3.8) is 0 Å². The Morgan fingerprint density at radius 2 is 0.815 bits per heavy atom. The molecule has 0 atom stereocenters. The first kappa shape index (κ1) is 62.0. The summed E-state index contributed by atoms with van der Waals surface area (Å²) in [7, 11) is 0. The Kier molecular flexibility index (Phi) is 24.2. The lowest BCUT2D eigenvalue weighted by Crippen LogP contribution is -1.90. The van der Waals surface area contributed by atoms with Crippen molar-refractivity contribution in [2.45, 2.75) is 95.9 Å². The summed E-state index contributed by atoms with van der Waals surface area (Å²) >= 11 is 3.53. The molecule has 0 unspecified atom stereocenters. The van der Waals surface area contributed by atoms with Gasteiger partial charge in [0.2, 0.25) is 0 Å². The minimum Gasteiger partial charge on any atom is -0.455 e. The molecule has 0 aliphatic rings. The van der Waals surface area contributed by atoms with Gasteiger partial charge in [0.25, 0.3) is 0 Å². The van der Waals surface area contributed by atoms with Gasteiger partial charge in [0.05, 0.1) is 0 Å². The van der Waals surface area contributed by atoms with Crippen molar-refractivity contribution in [1.82, 2.24) is 0 Å². The van der Waals surface area contributed by atoms with E-state index < -0.39 is 0 Å². The SMILES string of the molecule is C/C=C\CC.CC.CC.CC.CCc1cccc2ccc(C)c(C)c12.CS.Cc1ccccc1.c1ccc(-c2ccc(-c3ccc4ccc5c(-c6ccc(-c7cccc8c7oc7ccccc78)cc6)ccc6ccc3c4c65)cc2)cc1. The van der Waals surface area contributed by atoms with Gasteiger partial charge in [-0.3, -0.25) is 0 Å². The predicted molar refractivity (Wildman–Crippen MR) is 367 cm³/mol. The van der Waals surface area contributed by atoms with Crippen LogP contribution >= 0.6 is 12.6 Å². The van der Waals surface area contributed by atoms with E-state index in [1.54, 1.807) is 6.26 Å². The maximum Gasteiger partial charge on any atom is 0.143 e. The standard InChI is InChI=1S/C46H28O.C14H16.C7H8.C5H10.3C2H6.CH4S/c1-2-7-29(8-3-1)30-13-15-31(16-14-30)36-25-21-34-24-28-41-37(26-22-35-23-27-40(36)44(34)45(35)41)32-17-19-33(20-18-32)38-10-6-11-42-39-9-4-5-12-43(39)47-46(38)42;1-4-12-6-5-7-13-9-8-10(2)11(3)14(12)13;1-7-5-3-2-4-6-7;1-3-5-4-2;4*1-2/h1-28H;5-9H,4H2,1-3H3;2-6H,1H3;3,5H,4H2,1-2H3;3*1-2H3;2H,1H3/b;;;5-3-;;;;. The summed E-state index contributed by atoms with van der Waals surface area (Å²) in [6.45, 7) is 24.9. The lowest BCUT2D eigenvalue weighted by Gasteiger charge is -2.17. The maximum atomic E-state index is 6.34. The van der Waals surface area contributed by atoms with Crippen LogP contribution < -0.4 is 0 Å². The highest BCUT2D eigenvalue weighted by molar-refractivity contribution is 7.79. The molecule has 13 rings (SSSR count). The monoisotopic (exact) mass is 1080 g/mol. The molecule has 0 N–H and O–H groups in total. The number of para-hydroxylation sites is 2. The lowest BCUT2D eigenvalue weighted by molar-refractivity contribution is 0.670. The molecule has 12 aromatic carbocycles. The second kappa shape index (κ2) is 31.6. The van der Waals surface area contributed by atoms with Gasteiger partial charge < -0.3 is 4.42 Å². The molecule has 13 aromatic rings. The molecule has 0 fully saturated rings. The number of hydrogen-bond donors (Lipinski definition) is 1. The molecule has 0 aliphatic carbocycles. The lowest BCUT2D eigenvalue weighted by atomic mass is 9.87. The van der Waals surface area contributed by atoms with Crippen LogP contribution in [0.3, 0.4) is 0 Å². The van der Waals surface area contributed by atoms with E-state index in [2.05, 4.69) is 260 Å². The minimum absolute atomic E-state index is 0.924. The molecular formula is C79H84OS. The van der Waals surface area contributed by atoms with Crippen LogP contribution in [0, 0.1) is 20.8 Å². The summed E-state index contributed by atoms with van der Waals surface area (Å²) in [5.41, 5.74) is 17.2. The molecule has 1 aromatic heterocycles. The second-order valence-corrected chi connectivity index (χ2v) is 19.0. The summed E-state index contributed by atoms with van der Waals surface area (Å²) in [5, 5.41) is 12.9. The van der Waals surface area contributed by atoms with Gasteiger partial charge in [0.15, 0.2) is 0 Å². The van der Waals surface area contributed by atoms with Crippen LogP contribution in [0.1, 0.15) is 91.0 Å². The third-order valence-electron chi connectivity index (χ3n) is 14.3. The van der Waals surface area contributed by atoms with E-state index in [0.717, 1.165) is 45.9 Å². The number of rotatable bonds is 6. The van der Waals surface area contributed by atoms with Crippen molar-refractivity contribution in [1.29, 1.82) is 0 Å². The number of furan rings is 1. The van der Waals surface area contributed by atoms with Crippen molar-refractivity contribution >= 4 is 77.7 Å². The average molecular weight is 1080 g/mol. The fourth-order valence-electron chi connectivity index (χ4n) is 10.4. The van der Waals surface area contributed by atoms with E-state index >= 15 is 0 Å². The number of fused-ring (bicyclic) bond motifs is 4. The van der Waals surface area contributed by atoms with E-state index in [-0.39, 0.29) is 0 Å². The van der Waals surface area contributed by atoms with E-state index in [0.29, 0.717) is 0 Å². The third-order valence-corrected chi connectivity index (χ3v) is 14.3. The Morgan fingerprint density at radius 1 is 0.370 bits per heavy atom. The quantitative estimate of drug-likeness (QED) is 0.0995. The molecule has 0 saturated carbocycles. The Bertz CT molecular complexity index is 3990. The Labute approximate surface area is 490 Å². The van der Waals surface area contributed by atoms with Crippen LogP contribution in [0.25, 0.3) is 110 Å². The Hall–Kier alpha value is -8.17. The molecule has 0 radical (unpaired) electrons. The highest BCUT2D eigenvalue weighted by atomic mass is 32.1. The van der Waals surface area contributed by atoms with Gasteiger partial charge >= 0.3 is 0 Å². The smallest absolute Gasteiger partial charge is 0.143 e. The largest absolute Gasteiger partial charge is 0.455 e. The first-order chi connectivity index (χ1) is 39.8. The highest BCUT2D eigenvalue weighted by Crippen LogP contribution is 2.43. The zero-order chi connectivity index (χ0) is 58.3. The summed E-state index contributed by atoms with van der Waals surface area (Å²) in [5.74, 6) is 0. The maximum absolute atomic E-state index is 6.34. The van der Waals surface area contributed by atoms with Crippen LogP contribution in [0.5, 0.6) is 0 Å². The molecule has 2 heteroatoms. The first-order valence-corrected chi connectivity index (χ1v) is 30.2. The molecule has 0 saturated heterocycles. The number of aryl methyl sites for hydroxylation is 4. The van der Waals surface area contributed by atoms with Gasteiger partial charge in [0, 0.05) is 16.3 Å². The predicted octanol–water partition coefficient (Wildman–Crippen LogP) is 24.8. The molecule has 412 valence electrons. The van der Waals surface area contributed by atoms with Gasteiger partial charge in [-0.05, 0) is 152 Å². The van der Waals surface area contributed by atoms with E-state index in [9.17, 15) is 0 Å². The van der Waals surface area contributed by atoms with Gasteiger partial charge in [-0.2, -0.15) is 12.6 Å². The molecule has 0 spiro atoms. The van der Waals surface area contributed by atoms with Crippen LogP contribution in [0.2, 0.25) is 0 Å². The van der Waals surface area contributed by atoms with Crippen LogP contribution in [0.4, 0.5) is 0 Å². The summed E-state index contributed by atoms with van der Waals surface area (Å²) in [4.78, 5) is 0. The van der Waals surface area contributed by atoms with E-state index in [4.69, 9.17) is 4.42 Å². The van der Waals surface area contributed by atoms with Gasteiger partial charge in [0.1, 0.15) is 11.2 Å². The Morgan fingerprint density at radius 3 is 1.32 bits per heavy atom. The van der Waals surface area contributed by atoms with Crippen molar-refractivity contribution in [2.75, 3.05) is 6.26 Å². The Balaban J connectivity index is 0.000000254. The van der Waals surface area contributed by atoms with Gasteiger partial charge in [-0.25, -0.2) is 0 Å². The average Bonchev–Trinajstić information content (AvgIpc) is 3.86. The van der Waals surface area contributed by atoms with Crippen molar-refractivity contribution in [3.8, 4) is 44.5 Å². The molecule has 1 nitrogen and oxygen atoms in total. The summed E-state index contributed by atoms with van der Waals surface area (Å²) < 4.78 is 6.34. The van der Waals surface area contributed by atoms with Crippen molar-refractivity contribution in [3.05, 3.63) is 265 Å². The zero-order valence-corrected chi connectivity index (χ0v) is 51.3. The molecule has 0 amide bonds. The third kappa shape index (κ3) is 14.4. The van der Waals surface area contributed by atoms with E-state index in [1.807, 2.05) is 78.8 Å². The topological polar surface area (TPSA) is 13.1 Å². The molecular weight excluding hydrogens is 997 g/mol. The second-order valence-electron chi connectivity index (χ2n) is 19.0. The molecule has 0 aliphatic heterocycles. The normalized spacial score (nSPS) is 10.4. The van der Waals surface area contributed by atoms with Crippen LogP contribution in [0.15, 0.2) is 247 Å². The number of benzene rings is 12. The zero-order valence-electron chi connectivity index (χ0n) is 50.4. The molecule has 81 heavy (non-hydrogen) atoms. The fraction of sp³-hybridized carbons (Fsp3) is 0.190. The van der Waals surface area contributed by atoms with Crippen molar-refractivity contribution < 1.29 is 4.42 Å². The molecule has 1 heterocycles. The van der Waals surface area contributed by atoms with Gasteiger partial charge in [-0.15, -0.1) is 0 Å².